The molecule has 2 heteroatoms. The number of likely N-dealkylation sites (N-methyl/N-ethyl adjacent to an activating group) is 1. The Hall–Kier alpha value is -0.860. The molecule has 2 N–H and O–H groups in total. The molecule has 0 fully saturated rings. The summed E-state index contributed by atoms with van der Waals surface area (Å²) in [5, 5.41) is 0. The summed E-state index contributed by atoms with van der Waals surface area (Å²) in [5.74, 6) is 0.636. The molecule has 0 aromatic heterocycles. The second-order valence-corrected chi connectivity index (χ2v) is 5.96. The molecule has 2 unspecified atom stereocenters. The van der Waals surface area contributed by atoms with Gasteiger partial charge < -0.3 is 5.73 Å². The van der Waals surface area contributed by atoms with Gasteiger partial charge in [0.05, 0.1) is 0 Å². The van der Waals surface area contributed by atoms with Gasteiger partial charge >= 0.3 is 0 Å². The van der Waals surface area contributed by atoms with Crippen LogP contribution in [-0.2, 0) is 6.42 Å². The number of hydrogen-bond donors (Lipinski definition) is 1. The maximum atomic E-state index is 6.05. The van der Waals surface area contributed by atoms with Crippen LogP contribution in [0.15, 0.2) is 30.3 Å². The standard InChI is InChI=1S/C16H28N2/c1-13(2)14(3)18(5)16(4,12-17)11-15-9-7-6-8-10-15/h6-10,13-14H,11-12,17H2,1-5H3. The van der Waals surface area contributed by atoms with Crippen LogP contribution in [0.25, 0.3) is 0 Å². The Morgan fingerprint density at radius 1 is 1.17 bits per heavy atom. The molecule has 0 saturated heterocycles. The Balaban J connectivity index is 2.85. The molecular formula is C16H28N2. The van der Waals surface area contributed by atoms with Crippen LogP contribution >= 0.6 is 0 Å². The molecule has 0 saturated carbocycles. The zero-order valence-corrected chi connectivity index (χ0v) is 12.5. The minimum atomic E-state index is 0.0189. The zero-order chi connectivity index (χ0) is 13.8. The van der Waals surface area contributed by atoms with E-state index in [1.54, 1.807) is 0 Å². The lowest BCUT2D eigenvalue weighted by molar-refractivity contribution is 0.0767. The summed E-state index contributed by atoms with van der Waals surface area (Å²) >= 11 is 0. The summed E-state index contributed by atoms with van der Waals surface area (Å²) in [4.78, 5) is 2.44. The molecule has 0 amide bonds. The third-order valence-electron chi connectivity index (χ3n) is 4.29. The summed E-state index contributed by atoms with van der Waals surface area (Å²) in [7, 11) is 2.19. The minimum Gasteiger partial charge on any atom is -0.329 e. The molecule has 0 aliphatic carbocycles. The Morgan fingerprint density at radius 2 is 1.72 bits per heavy atom. The Morgan fingerprint density at radius 3 is 2.17 bits per heavy atom. The van der Waals surface area contributed by atoms with Crippen LogP contribution in [0.2, 0.25) is 0 Å². The summed E-state index contributed by atoms with van der Waals surface area (Å²) in [5.41, 5.74) is 7.43. The van der Waals surface area contributed by atoms with E-state index >= 15 is 0 Å². The lowest BCUT2D eigenvalue weighted by Crippen LogP contribution is -2.55. The van der Waals surface area contributed by atoms with E-state index in [1.807, 2.05) is 0 Å². The summed E-state index contributed by atoms with van der Waals surface area (Å²) < 4.78 is 0. The Bertz CT molecular complexity index is 347. The van der Waals surface area contributed by atoms with Gasteiger partial charge in [0.25, 0.3) is 0 Å². The molecule has 1 aromatic rings. The van der Waals surface area contributed by atoms with Crippen molar-refractivity contribution in [3.8, 4) is 0 Å². The number of hydrogen-bond acceptors (Lipinski definition) is 2. The minimum absolute atomic E-state index is 0.0189. The highest BCUT2D eigenvalue weighted by molar-refractivity contribution is 5.18. The first-order valence-corrected chi connectivity index (χ1v) is 6.87. The van der Waals surface area contributed by atoms with Crippen molar-refractivity contribution in [2.24, 2.45) is 11.7 Å². The second kappa shape index (κ2) is 6.35. The fourth-order valence-corrected chi connectivity index (χ4v) is 2.32. The SMILES string of the molecule is CC(C)C(C)N(C)C(C)(CN)Cc1ccccc1. The van der Waals surface area contributed by atoms with Crippen LogP contribution in [0, 0.1) is 5.92 Å². The summed E-state index contributed by atoms with van der Waals surface area (Å²) in [6, 6.07) is 11.1. The zero-order valence-electron chi connectivity index (χ0n) is 12.5. The lowest BCUT2D eigenvalue weighted by Gasteiger charge is -2.43. The van der Waals surface area contributed by atoms with Gasteiger partial charge in [-0.25, -0.2) is 0 Å². The quantitative estimate of drug-likeness (QED) is 0.838. The molecule has 0 aliphatic rings. The van der Waals surface area contributed by atoms with Gasteiger partial charge in [0.15, 0.2) is 0 Å². The second-order valence-electron chi connectivity index (χ2n) is 5.96. The average molecular weight is 248 g/mol. The highest BCUT2D eigenvalue weighted by Gasteiger charge is 2.32. The van der Waals surface area contributed by atoms with Gasteiger partial charge in [-0.3, -0.25) is 4.90 Å². The molecule has 0 heterocycles. The molecule has 0 spiro atoms. The monoisotopic (exact) mass is 248 g/mol. The Kier molecular flexibility index (Phi) is 5.36. The van der Waals surface area contributed by atoms with Gasteiger partial charge in [-0.05, 0) is 38.8 Å². The number of nitrogens with two attached hydrogens (primary N) is 1. The van der Waals surface area contributed by atoms with E-state index in [0.717, 1.165) is 6.42 Å². The van der Waals surface area contributed by atoms with E-state index in [1.165, 1.54) is 5.56 Å². The van der Waals surface area contributed by atoms with Crippen LogP contribution in [0.4, 0.5) is 0 Å². The first-order chi connectivity index (χ1) is 8.40. The topological polar surface area (TPSA) is 29.3 Å². The fourth-order valence-electron chi connectivity index (χ4n) is 2.32. The first kappa shape index (κ1) is 15.2. The molecule has 18 heavy (non-hydrogen) atoms. The molecule has 0 radical (unpaired) electrons. The van der Waals surface area contributed by atoms with Gasteiger partial charge in [0.2, 0.25) is 0 Å². The predicted octanol–water partition coefficient (Wildman–Crippen LogP) is 2.92. The van der Waals surface area contributed by atoms with Crippen LogP contribution < -0.4 is 5.73 Å². The van der Waals surface area contributed by atoms with Crippen LogP contribution in [0.5, 0.6) is 0 Å². The first-order valence-electron chi connectivity index (χ1n) is 6.87. The smallest absolute Gasteiger partial charge is 0.0343 e. The molecule has 2 nitrogen and oxygen atoms in total. The normalized spacial score (nSPS) is 16.9. The van der Waals surface area contributed by atoms with Crippen molar-refractivity contribution < 1.29 is 0 Å². The number of benzene rings is 1. The van der Waals surface area contributed by atoms with Gasteiger partial charge in [-0.15, -0.1) is 0 Å². The fraction of sp³-hybridized carbons (Fsp3) is 0.625. The van der Waals surface area contributed by atoms with E-state index in [4.69, 9.17) is 5.73 Å². The van der Waals surface area contributed by atoms with Gasteiger partial charge in [0, 0.05) is 18.1 Å². The molecule has 1 aromatic carbocycles. The molecule has 2 atom stereocenters. The third-order valence-corrected chi connectivity index (χ3v) is 4.29. The summed E-state index contributed by atoms with van der Waals surface area (Å²) in [6.07, 6.45) is 0.998. The van der Waals surface area contributed by atoms with E-state index in [2.05, 4.69) is 70.0 Å². The predicted molar refractivity (Wildman–Crippen MR) is 79.7 cm³/mol. The summed E-state index contributed by atoms with van der Waals surface area (Å²) in [6.45, 7) is 9.75. The Labute approximate surface area is 112 Å². The number of rotatable bonds is 6. The third kappa shape index (κ3) is 3.56. The highest BCUT2D eigenvalue weighted by Crippen LogP contribution is 2.23. The molecule has 0 aliphatic heterocycles. The van der Waals surface area contributed by atoms with Crippen molar-refractivity contribution in [1.82, 2.24) is 4.90 Å². The molecule has 1 rings (SSSR count). The lowest BCUT2D eigenvalue weighted by atomic mass is 9.88. The highest BCUT2D eigenvalue weighted by atomic mass is 15.2. The van der Waals surface area contributed by atoms with Crippen LogP contribution in [-0.4, -0.2) is 30.1 Å². The van der Waals surface area contributed by atoms with Crippen molar-refractivity contribution >= 4 is 0 Å². The van der Waals surface area contributed by atoms with E-state index in [9.17, 15) is 0 Å². The van der Waals surface area contributed by atoms with Crippen LogP contribution in [0.1, 0.15) is 33.3 Å². The van der Waals surface area contributed by atoms with E-state index in [-0.39, 0.29) is 5.54 Å². The largest absolute Gasteiger partial charge is 0.329 e. The maximum Gasteiger partial charge on any atom is 0.0343 e. The van der Waals surface area contributed by atoms with Gasteiger partial charge in [-0.1, -0.05) is 44.2 Å². The number of nitrogens with zero attached hydrogens (tertiary/aromatic N) is 1. The van der Waals surface area contributed by atoms with Crippen molar-refractivity contribution in [2.75, 3.05) is 13.6 Å². The van der Waals surface area contributed by atoms with Crippen molar-refractivity contribution in [2.45, 2.75) is 45.7 Å². The van der Waals surface area contributed by atoms with Crippen molar-refractivity contribution in [1.29, 1.82) is 0 Å². The maximum absolute atomic E-state index is 6.05. The molecule has 102 valence electrons. The van der Waals surface area contributed by atoms with E-state index in [0.29, 0.717) is 18.5 Å². The molecular weight excluding hydrogens is 220 g/mol. The van der Waals surface area contributed by atoms with Crippen LogP contribution in [0.3, 0.4) is 0 Å². The molecule has 0 bridgehead atoms. The van der Waals surface area contributed by atoms with Gasteiger partial charge in [-0.2, -0.15) is 0 Å². The van der Waals surface area contributed by atoms with Crippen molar-refractivity contribution in [3.05, 3.63) is 35.9 Å². The average Bonchev–Trinajstić information content (AvgIpc) is 2.37. The van der Waals surface area contributed by atoms with Gasteiger partial charge in [0.1, 0.15) is 0 Å². The van der Waals surface area contributed by atoms with Crippen molar-refractivity contribution in [3.63, 3.8) is 0 Å². The van der Waals surface area contributed by atoms with E-state index < -0.39 is 0 Å².